The SMILES string of the molecule is Cc1nc(CNC(=O)C2CCNc3ccccc32)no1. The minimum atomic E-state index is -0.125. The lowest BCUT2D eigenvalue weighted by molar-refractivity contribution is -0.122. The fraction of sp³-hybridized carbons (Fsp3) is 0.357. The van der Waals surface area contributed by atoms with Gasteiger partial charge in [-0.3, -0.25) is 4.79 Å². The Morgan fingerprint density at radius 3 is 3.15 bits per heavy atom. The van der Waals surface area contributed by atoms with Gasteiger partial charge in [-0.05, 0) is 18.1 Å². The first-order chi connectivity index (χ1) is 9.74. The molecule has 1 aliphatic heterocycles. The second-order valence-electron chi connectivity index (χ2n) is 4.80. The topological polar surface area (TPSA) is 80.0 Å². The number of benzene rings is 1. The van der Waals surface area contributed by atoms with Crippen LogP contribution in [0.5, 0.6) is 0 Å². The molecule has 1 aromatic carbocycles. The van der Waals surface area contributed by atoms with E-state index < -0.39 is 0 Å². The largest absolute Gasteiger partial charge is 0.385 e. The van der Waals surface area contributed by atoms with Gasteiger partial charge < -0.3 is 15.2 Å². The van der Waals surface area contributed by atoms with Gasteiger partial charge in [-0.25, -0.2) is 0 Å². The zero-order chi connectivity index (χ0) is 13.9. The lowest BCUT2D eigenvalue weighted by Gasteiger charge is -2.25. The Hall–Kier alpha value is -2.37. The number of carbonyl (C=O) groups is 1. The molecule has 20 heavy (non-hydrogen) atoms. The Labute approximate surface area is 116 Å². The van der Waals surface area contributed by atoms with E-state index >= 15 is 0 Å². The van der Waals surface area contributed by atoms with Gasteiger partial charge in [0, 0.05) is 19.2 Å². The number of hydrogen-bond donors (Lipinski definition) is 2. The van der Waals surface area contributed by atoms with Crippen LogP contribution in [0.3, 0.4) is 0 Å². The van der Waals surface area contributed by atoms with Gasteiger partial charge >= 0.3 is 0 Å². The van der Waals surface area contributed by atoms with Crippen molar-refractivity contribution in [3.05, 3.63) is 41.5 Å². The number of hydrogen-bond acceptors (Lipinski definition) is 5. The molecule has 1 unspecified atom stereocenters. The van der Waals surface area contributed by atoms with Gasteiger partial charge in [0.2, 0.25) is 11.8 Å². The van der Waals surface area contributed by atoms with Crippen LogP contribution in [0.25, 0.3) is 0 Å². The normalized spacial score (nSPS) is 17.1. The van der Waals surface area contributed by atoms with Crippen LogP contribution in [0.4, 0.5) is 5.69 Å². The van der Waals surface area contributed by atoms with Gasteiger partial charge in [0.25, 0.3) is 0 Å². The maximum absolute atomic E-state index is 12.3. The summed E-state index contributed by atoms with van der Waals surface area (Å²) in [5, 5.41) is 9.94. The number of amides is 1. The van der Waals surface area contributed by atoms with Crippen LogP contribution in [-0.2, 0) is 11.3 Å². The maximum atomic E-state index is 12.3. The van der Waals surface area contributed by atoms with Crippen LogP contribution in [0.15, 0.2) is 28.8 Å². The molecule has 0 spiro atoms. The molecule has 1 aromatic heterocycles. The van der Waals surface area contributed by atoms with Crippen molar-refractivity contribution in [1.82, 2.24) is 15.5 Å². The zero-order valence-corrected chi connectivity index (χ0v) is 11.2. The molecule has 2 aromatic rings. The summed E-state index contributed by atoms with van der Waals surface area (Å²) >= 11 is 0. The Kier molecular flexibility index (Phi) is 3.37. The molecule has 1 aliphatic rings. The third-order valence-electron chi connectivity index (χ3n) is 3.39. The number of aryl methyl sites for hydroxylation is 1. The van der Waals surface area contributed by atoms with Gasteiger partial charge in [-0.2, -0.15) is 4.98 Å². The number of nitrogens with one attached hydrogen (secondary N) is 2. The average Bonchev–Trinajstić information content (AvgIpc) is 2.90. The van der Waals surface area contributed by atoms with E-state index in [0.29, 0.717) is 18.3 Å². The lowest BCUT2D eigenvalue weighted by Crippen LogP contribution is -2.32. The third-order valence-corrected chi connectivity index (χ3v) is 3.39. The monoisotopic (exact) mass is 272 g/mol. The first kappa shape index (κ1) is 12.7. The Bertz CT molecular complexity index is 623. The maximum Gasteiger partial charge on any atom is 0.228 e. The van der Waals surface area contributed by atoms with Crippen molar-refractivity contribution in [3.8, 4) is 0 Å². The van der Waals surface area contributed by atoms with Gasteiger partial charge in [0.05, 0.1) is 12.5 Å². The molecule has 3 rings (SSSR count). The third kappa shape index (κ3) is 2.49. The van der Waals surface area contributed by atoms with Crippen LogP contribution in [0.1, 0.15) is 29.6 Å². The predicted molar refractivity (Wildman–Crippen MR) is 73.2 cm³/mol. The highest BCUT2D eigenvalue weighted by Crippen LogP contribution is 2.31. The van der Waals surface area contributed by atoms with E-state index in [1.807, 2.05) is 24.3 Å². The summed E-state index contributed by atoms with van der Waals surface area (Å²) < 4.78 is 4.88. The van der Waals surface area contributed by atoms with Gasteiger partial charge in [-0.1, -0.05) is 23.4 Å². The molecule has 104 valence electrons. The molecule has 0 radical (unpaired) electrons. The van der Waals surface area contributed by atoms with Crippen molar-refractivity contribution in [3.63, 3.8) is 0 Å². The highest BCUT2D eigenvalue weighted by Gasteiger charge is 2.26. The summed E-state index contributed by atoms with van der Waals surface area (Å²) in [5.41, 5.74) is 2.08. The van der Waals surface area contributed by atoms with Crippen molar-refractivity contribution in [2.75, 3.05) is 11.9 Å². The second-order valence-corrected chi connectivity index (χ2v) is 4.80. The molecule has 1 atom stereocenters. The van der Waals surface area contributed by atoms with Gasteiger partial charge in [-0.15, -0.1) is 0 Å². The summed E-state index contributed by atoms with van der Waals surface area (Å²) in [6.07, 6.45) is 0.786. The molecular weight excluding hydrogens is 256 g/mol. The number of rotatable bonds is 3. The molecule has 0 saturated heterocycles. The molecule has 2 N–H and O–H groups in total. The van der Waals surface area contributed by atoms with Gasteiger partial charge in [0.1, 0.15) is 0 Å². The molecule has 2 heterocycles. The van der Waals surface area contributed by atoms with E-state index in [4.69, 9.17) is 4.52 Å². The van der Waals surface area contributed by atoms with Gasteiger partial charge in [0.15, 0.2) is 5.82 Å². The first-order valence-corrected chi connectivity index (χ1v) is 6.64. The van der Waals surface area contributed by atoms with E-state index in [2.05, 4.69) is 20.8 Å². The predicted octanol–water partition coefficient (Wildman–Crippen LogP) is 1.59. The van der Waals surface area contributed by atoms with E-state index in [9.17, 15) is 4.79 Å². The standard InChI is InChI=1S/C14H16N4O2/c1-9-17-13(18-20-9)8-16-14(19)11-6-7-15-12-5-3-2-4-10(11)12/h2-5,11,15H,6-8H2,1H3,(H,16,19). The van der Waals surface area contributed by atoms with Crippen LogP contribution >= 0.6 is 0 Å². The fourth-order valence-electron chi connectivity index (χ4n) is 2.44. The summed E-state index contributed by atoms with van der Waals surface area (Å²) in [5.74, 6) is 0.876. The summed E-state index contributed by atoms with van der Waals surface area (Å²) in [6.45, 7) is 2.82. The molecular formula is C14H16N4O2. The smallest absolute Gasteiger partial charge is 0.228 e. The van der Waals surface area contributed by atoms with Crippen molar-refractivity contribution in [2.45, 2.75) is 25.8 Å². The van der Waals surface area contributed by atoms with Crippen molar-refractivity contribution >= 4 is 11.6 Å². The Balaban J connectivity index is 1.69. The second kappa shape index (κ2) is 5.32. The first-order valence-electron chi connectivity index (χ1n) is 6.64. The number of carbonyl (C=O) groups excluding carboxylic acids is 1. The molecule has 0 bridgehead atoms. The highest BCUT2D eigenvalue weighted by atomic mass is 16.5. The number of nitrogens with zero attached hydrogens (tertiary/aromatic N) is 2. The molecule has 1 amide bonds. The summed E-state index contributed by atoms with van der Waals surface area (Å²) in [4.78, 5) is 16.4. The van der Waals surface area contributed by atoms with Crippen molar-refractivity contribution in [1.29, 1.82) is 0 Å². The fourth-order valence-corrected chi connectivity index (χ4v) is 2.44. The Morgan fingerprint density at radius 1 is 1.50 bits per heavy atom. The number of aromatic nitrogens is 2. The average molecular weight is 272 g/mol. The molecule has 0 fully saturated rings. The zero-order valence-electron chi connectivity index (χ0n) is 11.2. The van der Waals surface area contributed by atoms with E-state index in [1.54, 1.807) is 6.92 Å². The number of para-hydroxylation sites is 1. The molecule has 0 saturated carbocycles. The minimum absolute atomic E-state index is 0.00130. The van der Waals surface area contributed by atoms with E-state index in [0.717, 1.165) is 24.2 Å². The summed E-state index contributed by atoms with van der Waals surface area (Å²) in [6, 6.07) is 7.91. The lowest BCUT2D eigenvalue weighted by atomic mass is 9.90. The molecule has 6 nitrogen and oxygen atoms in total. The summed E-state index contributed by atoms with van der Waals surface area (Å²) in [7, 11) is 0. The molecule has 0 aliphatic carbocycles. The minimum Gasteiger partial charge on any atom is -0.385 e. The Morgan fingerprint density at radius 2 is 2.35 bits per heavy atom. The van der Waals surface area contributed by atoms with Crippen LogP contribution in [-0.4, -0.2) is 22.6 Å². The van der Waals surface area contributed by atoms with Crippen molar-refractivity contribution < 1.29 is 9.32 Å². The van der Waals surface area contributed by atoms with Crippen LogP contribution < -0.4 is 10.6 Å². The number of fused-ring (bicyclic) bond motifs is 1. The van der Waals surface area contributed by atoms with E-state index in [1.165, 1.54) is 0 Å². The van der Waals surface area contributed by atoms with Crippen molar-refractivity contribution in [2.24, 2.45) is 0 Å². The quantitative estimate of drug-likeness (QED) is 0.887. The van der Waals surface area contributed by atoms with E-state index in [-0.39, 0.29) is 11.8 Å². The number of anilines is 1. The molecule has 6 heteroatoms. The van der Waals surface area contributed by atoms with Crippen LogP contribution in [0.2, 0.25) is 0 Å². The van der Waals surface area contributed by atoms with Crippen LogP contribution in [0, 0.1) is 6.92 Å². The highest BCUT2D eigenvalue weighted by molar-refractivity contribution is 5.86.